The molecule has 0 radical (unpaired) electrons. The van der Waals surface area contributed by atoms with Crippen LogP contribution in [0.5, 0.6) is 0 Å². The van der Waals surface area contributed by atoms with Gasteiger partial charge in [-0.15, -0.1) is 0 Å². The molecule has 0 saturated heterocycles. The summed E-state index contributed by atoms with van der Waals surface area (Å²) in [6, 6.07) is 14.4. The standard InChI is InChI=1S/C15H12O3/c1-10-5-2-3-8-13(10)11-6-4-7-12(9-11)14(16)15(17)18/h2-9H,1H3,(H,17,18). The number of aliphatic carboxylic acids is 1. The van der Waals surface area contributed by atoms with Gasteiger partial charge in [-0.25, -0.2) is 4.79 Å². The van der Waals surface area contributed by atoms with Gasteiger partial charge in [0, 0.05) is 5.56 Å². The minimum absolute atomic E-state index is 0.197. The van der Waals surface area contributed by atoms with Gasteiger partial charge in [-0.05, 0) is 29.7 Å². The summed E-state index contributed by atoms with van der Waals surface area (Å²) in [7, 11) is 0. The highest BCUT2D eigenvalue weighted by Crippen LogP contribution is 2.23. The lowest BCUT2D eigenvalue weighted by Gasteiger charge is -2.06. The maximum Gasteiger partial charge on any atom is 0.377 e. The summed E-state index contributed by atoms with van der Waals surface area (Å²) in [5.41, 5.74) is 3.12. The first-order chi connectivity index (χ1) is 8.59. The molecular formula is C15H12O3. The van der Waals surface area contributed by atoms with Crippen molar-refractivity contribution in [1.82, 2.24) is 0 Å². The Kier molecular flexibility index (Phi) is 3.24. The molecule has 3 heteroatoms. The van der Waals surface area contributed by atoms with Crippen LogP contribution in [0.15, 0.2) is 48.5 Å². The lowest BCUT2D eigenvalue weighted by Crippen LogP contribution is -2.12. The number of hydrogen-bond acceptors (Lipinski definition) is 2. The van der Waals surface area contributed by atoms with E-state index in [0.717, 1.165) is 16.7 Å². The smallest absolute Gasteiger partial charge is 0.377 e. The van der Waals surface area contributed by atoms with Gasteiger partial charge in [0.15, 0.2) is 0 Å². The Bertz CT molecular complexity index is 615. The predicted octanol–water partition coefficient (Wildman–Crippen LogP) is 2.93. The number of ketones is 1. The third-order valence-corrected chi connectivity index (χ3v) is 2.78. The molecule has 1 N–H and O–H groups in total. The molecule has 2 aromatic carbocycles. The molecule has 0 atom stereocenters. The Morgan fingerprint density at radius 1 is 1.00 bits per heavy atom. The van der Waals surface area contributed by atoms with Crippen molar-refractivity contribution in [1.29, 1.82) is 0 Å². The van der Waals surface area contributed by atoms with Crippen LogP contribution in [0.2, 0.25) is 0 Å². The Balaban J connectivity index is 2.48. The number of Topliss-reactive ketones (excluding diaryl/α,β-unsaturated/α-hetero) is 1. The Hall–Kier alpha value is -2.42. The second-order valence-electron chi connectivity index (χ2n) is 4.03. The van der Waals surface area contributed by atoms with Crippen LogP contribution < -0.4 is 0 Å². The van der Waals surface area contributed by atoms with Crippen LogP contribution in [0.1, 0.15) is 15.9 Å². The first kappa shape index (κ1) is 12.0. The Labute approximate surface area is 105 Å². The molecule has 3 nitrogen and oxygen atoms in total. The van der Waals surface area contributed by atoms with Crippen molar-refractivity contribution >= 4 is 11.8 Å². The van der Waals surface area contributed by atoms with Crippen molar-refractivity contribution in [3.8, 4) is 11.1 Å². The van der Waals surface area contributed by atoms with E-state index in [1.807, 2.05) is 37.3 Å². The highest BCUT2D eigenvalue weighted by atomic mass is 16.4. The second-order valence-corrected chi connectivity index (χ2v) is 4.03. The lowest BCUT2D eigenvalue weighted by molar-refractivity contribution is -0.131. The fourth-order valence-corrected chi connectivity index (χ4v) is 1.85. The molecule has 2 rings (SSSR count). The largest absolute Gasteiger partial charge is 0.475 e. The molecule has 0 aliphatic heterocycles. The van der Waals surface area contributed by atoms with Gasteiger partial charge in [-0.2, -0.15) is 0 Å². The summed E-state index contributed by atoms with van der Waals surface area (Å²) in [4.78, 5) is 22.1. The van der Waals surface area contributed by atoms with Crippen LogP contribution >= 0.6 is 0 Å². The molecule has 18 heavy (non-hydrogen) atoms. The first-order valence-electron chi connectivity index (χ1n) is 5.53. The number of hydrogen-bond donors (Lipinski definition) is 1. The minimum Gasteiger partial charge on any atom is -0.475 e. The van der Waals surface area contributed by atoms with E-state index in [1.54, 1.807) is 12.1 Å². The molecule has 0 unspecified atom stereocenters. The Morgan fingerprint density at radius 3 is 2.39 bits per heavy atom. The number of rotatable bonds is 3. The van der Waals surface area contributed by atoms with Crippen LogP contribution in [0.3, 0.4) is 0 Å². The van der Waals surface area contributed by atoms with Gasteiger partial charge in [0.05, 0.1) is 0 Å². The quantitative estimate of drug-likeness (QED) is 0.663. The van der Waals surface area contributed by atoms with E-state index in [9.17, 15) is 9.59 Å². The van der Waals surface area contributed by atoms with E-state index in [0.29, 0.717) is 0 Å². The Morgan fingerprint density at radius 2 is 1.72 bits per heavy atom. The van der Waals surface area contributed by atoms with Gasteiger partial charge >= 0.3 is 5.97 Å². The maximum atomic E-state index is 11.4. The summed E-state index contributed by atoms with van der Waals surface area (Å²) >= 11 is 0. The zero-order valence-electron chi connectivity index (χ0n) is 9.88. The number of carbonyl (C=O) groups is 2. The number of benzene rings is 2. The van der Waals surface area contributed by atoms with Crippen LogP contribution in [0, 0.1) is 6.92 Å². The molecule has 0 spiro atoms. The molecule has 0 aromatic heterocycles. The predicted molar refractivity (Wildman–Crippen MR) is 68.6 cm³/mol. The number of carbonyl (C=O) groups excluding carboxylic acids is 1. The van der Waals surface area contributed by atoms with Crippen LogP contribution in [-0.2, 0) is 4.79 Å². The van der Waals surface area contributed by atoms with Gasteiger partial charge in [0.25, 0.3) is 5.78 Å². The number of carboxylic acids is 1. The molecule has 0 bridgehead atoms. The van der Waals surface area contributed by atoms with Crippen molar-refractivity contribution in [2.45, 2.75) is 6.92 Å². The van der Waals surface area contributed by atoms with E-state index in [4.69, 9.17) is 5.11 Å². The van der Waals surface area contributed by atoms with Gasteiger partial charge in [-0.1, -0.05) is 42.5 Å². The summed E-state index contributed by atoms with van der Waals surface area (Å²) in [5, 5.41) is 8.70. The molecule has 0 aliphatic carbocycles. The van der Waals surface area contributed by atoms with E-state index in [-0.39, 0.29) is 5.56 Å². The van der Waals surface area contributed by atoms with E-state index < -0.39 is 11.8 Å². The van der Waals surface area contributed by atoms with Crippen molar-refractivity contribution in [2.24, 2.45) is 0 Å². The molecule has 2 aromatic rings. The van der Waals surface area contributed by atoms with E-state index in [1.165, 1.54) is 6.07 Å². The zero-order valence-corrected chi connectivity index (χ0v) is 9.88. The highest BCUT2D eigenvalue weighted by Gasteiger charge is 2.14. The van der Waals surface area contributed by atoms with Crippen LogP contribution in [0.25, 0.3) is 11.1 Å². The maximum absolute atomic E-state index is 11.4. The summed E-state index contributed by atoms with van der Waals surface area (Å²) in [6.45, 7) is 1.97. The third kappa shape index (κ3) is 2.30. The van der Waals surface area contributed by atoms with Crippen molar-refractivity contribution < 1.29 is 14.7 Å². The van der Waals surface area contributed by atoms with Gasteiger partial charge in [0.2, 0.25) is 0 Å². The van der Waals surface area contributed by atoms with Gasteiger partial charge in [0.1, 0.15) is 0 Å². The normalized spacial score (nSPS) is 10.1. The molecule has 0 aliphatic rings. The fourth-order valence-electron chi connectivity index (χ4n) is 1.85. The minimum atomic E-state index is -1.43. The average molecular weight is 240 g/mol. The number of carboxylic acid groups (broad SMARTS) is 1. The van der Waals surface area contributed by atoms with Crippen molar-refractivity contribution in [3.63, 3.8) is 0 Å². The summed E-state index contributed by atoms with van der Waals surface area (Å²) in [5.74, 6) is -2.32. The molecule has 0 fully saturated rings. The molecule has 90 valence electrons. The lowest BCUT2D eigenvalue weighted by atomic mass is 9.98. The summed E-state index contributed by atoms with van der Waals surface area (Å²) in [6.07, 6.45) is 0. The van der Waals surface area contributed by atoms with Crippen LogP contribution in [-0.4, -0.2) is 16.9 Å². The monoisotopic (exact) mass is 240 g/mol. The summed E-state index contributed by atoms with van der Waals surface area (Å²) < 4.78 is 0. The molecular weight excluding hydrogens is 228 g/mol. The third-order valence-electron chi connectivity index (χ3n) is 2.78. The van der Waals surface area contributed by atoms with Gasteiger partial charge in [-0.3, -0.25) is 4.79 Å². The van der Waals surface area contributed by atoms with E-state index in [2.05, 4.69) is 0 Å². The number of aryl methyl sites for hydroxylation is 1. The molecule has 0 amide bonds. The SMILES string of the molecule is Cc1ccccc1-c1cccc(C(=O)C(=O)O)c1. The van der Waals surface area contributed by atoms with Crippen LogP contribution in [0.4, 0.5) is 0 Å². The highest BCUT2D eigenvalue weighted by molar-refractivity contribution is 6.39. The van der Waals surface area contributed by atoms with E-state index >= 15 is 0 Å². The molecule has 0 heterocycles. The topological polar surface area (TPSA) is 54.4 Å². The fraction of sp³-hybridized carbons (Fsp3) is 0.0667. The van der Waals surface area contributed by atoms with Crippen molar-refractivity contribution in [3.05, 3.63) is 59.7 Å². The van der Waals surface area contributed by atoms with Gasteiger partial charge < -0.3 is 5.11 Å². The average Bonchev–Trinajstić information content (AvgIpc) is 2.38. The first-order valence-corrected chi connectivity index (χ1v) is 5.53. The van der Waals surface area contributed by atoms with Crippen molar-refractivity contribution in [2.75, 3.05) is 0 Å². The zero-order chi connectivity index (χ0) is 13.1. The second kappa shape index (κ2) is 4.84. The molecule has 0 saturated carbocycles.